The zero-order chi connectivity index (χ0) is 16.7. The molecule has 0 unspecified atom stereocenters. The Labute approximate surface area is 132 Å². The van der Waals surface area contributed by atoms with Gasteiger partial charge in [0.25, 0.3) is 5.56 Å². The minimum Gasteiger partial charge on any atom is -0.480 e. The highest BCUT2D eigenvalue weighted by Crippen LogP contribution is 2.22. The first-order valence-electron chi connectivity index (χ1n) is 7.26. The number of benzene rings is 1. The summed E-state index contributed by atoms with van der Waals surface area (Å²) in [7, 11) is 0. The van der Waals surface area contributed by atoms with E-state index in [0.29, 0.717) is 22.2 Å². The first-order valence-corrected chi connectivity index (χ1v) is 7.26. The molecule has 2 heterocycles. The summed E-state index contributed by atoms with van der Waals surface area (Å²) in [6, 6.07) is 7.51. The summed E-state index contributed by atoms with van der Waals surface area (Å²) in [6.07, 6.45) is 1.62. The van der Waals surface area contributed by atoms with Crippen molar-refractivity contribution in [2.45, 2.75) is 27.3 Å². The summed E-state index contributed by atoms with van der Waals surface area (Å²) in [4.78, 5) is 23.9. The number of carboxylic acid groups (broad SMARTS) is 1. The fourth-order valence-corrected chi connectivity index (χ4v) is 2.85. The molecular formula is C17H17N3O3. The van der Waals surface area contributed by atoms with Crippen molar-refractivity contribution in [3.8, 4) is 5.69 Å². The topological polar surface area (TPSA) is 77.1 Å². The van der Waals surface area contributed by atoms with Gasteiger partial charge in [0, 0.05) is 16.8 Å². The number of carboxylic acids is 1. The third kappa shape index (κ3) is 2.42. The van der Waals surface area contributed by atoms with Crippen molar-refractivity contribution < 1.29 is 9.90 Å². The van der Waals surface area contributed by atoms with Crippen LogP contribution in [0.15, 0.2) is 35.3 Å². The Morgan fingerprint density at radius 3 is 2.39 bits per heavy atom. The second-order valence-corrected chi connectivity index (χ2v) is 5.64. The van der Waals surface area contributed by atoms with Gasteiger partial charge in [0.05, 0.1) is 17.3 Å². The van der Waals surface area contributed by atoms with Gasteiger partial charge in [0.1, 0.15) is 6.54 Å². The van der Waals surface area contributed by atoms with E-state index >= 15 is 0 Å². The lowest BCUT2D eigenvalue weighted by Gasteiger charge is -2.05. The van der Waals surface area contributed by atoms with Crippen molar-refractivity contribution in [2.75, 3.05) is 0 Å². The van der Waals surface area contributed by atoms with Gasteiger partial charge < -0.3 is 9.67 Å². The van der Waals surface area contributed by atoms with E-state index < -0.39 is 5.97 Å². The molecule has 0 bridgehead atoms. The number of aryl methyl sites for hydroxylation is 3. The van der Waals surface area contributed by atoms with Crippen molar-refractivity contribution in [1.82, 2.24) is 14.3 Å². The average molecular weight is 311 g/mol. The van der Waals surface area contributed by atoms with Crippen LogP contribution in [-0.4, -0.2) is 25.4 Å². The molecule has 23 heavy (non-hydrogen) atoms. The van der Waals surface area contributed by atoms with E-state index in [4.69, 9.17) is 5.11 Å². The lowest BCUT2D eigenvalue weighted by molar-refractivity contribution is -0.137. The molecule has 6 heteroatoms. The quantitative estimate of drug-likeness (QED) is 0.804. The van der Waals surface area contributed by atoms with Crippen LogP contribution in [0.5, 0.6) is 0 Å². The van der Waals surface area contributed by atoms with Gasteiger partial charge in [-0.2, -0.15) is 9.78 Å². The van der Waals surface area contributed by atoms with Crippen LogP contribution in [0.1, 0.15) is 17.0 Å². The Morgan fingerprint density at radius 1 is 1.13 bits per heavy atom. The Bertz CT molecular complexity index is 965. The standard InChI is InChI=1S/C17H17N3O3/c1-10-4-6-13(7-5-10)20-17(23)16-12(3)19(9-15(21)22)11(2)14(16)8-18-20/h4-8H,9H2,1-3H3,(H,21,22). The second-order valence-electron chi connectivity index (χ2n) is 5.64. The Kier molecular flexibility index (Phi) is 3.52. The van der Waals surface area contributed by atoms with Gasteiger partial charge in [-0.25, -0.2) is 0 Å². The molecule has 3 rings (SSSR count). The fourth-order valence-electron chi connectivity index (χ4n) is 2.85. The molecule has 0 saturated carbocycles. The van der Waals surface area contributed by atoms with Gasteiger partial charge in [-0.1, -0.05) is 17.7 Å². The maximum Gasteiger partial charge on any atom is 0.323 e. The van der Waals surface area contributed by atoms with Gasteiger partial charge in [-0.05, 0) is 32.9 Å². The molecule has 0 atom stereocenters. The SMILES string of the molecule is Cc1ccc(-n2ncc3c(C)n(CC(=O)O)c(C)c3c2=O)cc1. The van der Waals surface area contributed by atoms with Crippen LogP contribution >= 0.6 is 0 Å². The molecule has 118 valence electrons. The summed E-state index contributed by atoms with van der Waals surface area (Å²) >= 11 is 0. The lowest BCUT2D eigenvalue weighted by atomic mass is 10.2. The molecular weight excluding hydrogens is 294 g/mol. The number of carbonyl (C=O) groups is 1. The van der Waals surface area contributed by atoms with E-state index in [1.807, 2.05) is 31.2 Å². The number of nitrogens with zero attached hydrogens (tertiary/aromatic N) is 3. The number of rotatable bonds is 3. The third-order valence-corrected chi connectivity index (χ3v) is 4.11. The second kappa shape index (κ2) is 5.39. The highest BCUT2D eigenvalue weighted by molar-refractivity contribution is 5.87. The molecule has 0 aliphatic carbocycles. The lowest BCUT2D eigenvalue weighted by Crippen LogP contribution is -2.21. The van der Waals surface area contributed by atoms with Crippen LogP contribution < -0.4 is 5.56 Å². The maximum atomic E-state index is 12.8. The molecule has 0 aliphatic heterocycles. The number of fused-ring (bicyclic) bond motifs is 1. The highest BCUT2D eigenvalue weighted by Gasteiger charge is 2.17. The van der Waals surface area contributed by atoms with Crippen molar-refractivity contribution in [3.63, 3.8) is 0 Å². The Morgan fingerprint density at radius 2 is 1.78 bits per heavy atom. The Hall–Kier alpha value is -2.89. The van der Waals surface area contributed by atoms with E-state index in [1.54, 1.807) is 24.6 Å². The van der Waals surface area contributed by atoms with Gasteiger partial charge in [0.2, 0.25) is 0 Å². The summed E-state index contributed by atoms with van der Waals surface area (Å²) in [5, 5.41) is 14.5. The average Bonchev–Trinajstić information content (AvgIpc) is 2.74. The zero-order valence-electron chi connectivity index (χ0n) is 13.2. The monoisotopic (exact) mass is 311 g/mol. The first kappa shape index (κ1) is 15.0. The number of aromatic nitrogens is 3. The van der Waals surface area contributed by atoms with E-state index in [-0.39, 0.29) is 12.1 Å². The molecule has 0 radical (unpaired) electrons. The van der Waals surface area contributed by atoms with Crippen LogP contribution in [0.3, 0.4) is 0 Å². The predicted octanol–water partition coefficient (Wildman–Crippen LogP) is 2.20. The van der Waals surface area contributed by atoms with Crippen LogP contribution in [-0.2, 0) is 11.3 Å². The molecule has 1 N–H and O–H groups in total. The number of hydrogen-bond donors (Lipinski definition) is 1. The number of aliphatic carboxylic acids is 1. The highest BCUT2D eigenvalue weighted by atomic mass is 16.4. The molecule has 0 aliphatic rings. The first-order chi connectivity index (χ1) is 10.9. The van der Waals surface area contributed by atoms with E-state index in [2.05, 4.69) is 5.10 Å². The molecule has 3 aromatic rings. The van der Waals surface area contributed by atoms with Crippen LogP contribution in [0.2, 0.25) is 0 Å². The molecule has 0 saturated heterocycles. The zero-order valence-corrected chi connectivity index (χ0v) is 13.2. The largest absolute Gasteiger partial charge is 0.480 e. The minimum atomic E-state index is -0.941. The maximum absolute atomic E-state index is 12.8. The van der Waals surface area contributed by atoms with Crippen LogP contribution in [0.25, 0.3) is 16.5 Å². The van der Waals surface area contributed by atoms with Gasteiger partial charge >= 0.3 is 5.97 Å². The fraction of sp³-hybridized carbons (Fsp3) is 0.235. The molecule has 0 fully saturated rings. The van der Waals surface area contributed by atoms with Crippen LogP contribution in [0, 0.1) is 20.8 Å². The number of hydrogen-bond acceptors (Lipinski definition) is 3. The van der Waals surface area contributed by atoms with Crippen molar-refractivity contribution in [1.29, 1.82) is 0 Å². The summed E-state index contributed by atoms with van der Waals surface area (Å²) in [5.74, 6) is -0.941. The van der Waals surface area contributed by atoms with Gasteiger partial charge in [-0.3, -0.25) is 9.59 Å². The van der Waals surface area contributed by atoms with Gasteiger partial charge in [-0.15, -0.1) is 0 Å². The molecule has 2 aromatic heterocycles. The molecule has 6 nitrogen and oxygen atoms in total. The molecule has 1 aromatic carbocycles. The smallest absolute Gasteiger partial charge is 0.323 e. The summed E-state index contributed by atoms with van der Waals surface area (Å²) in [5.41, 5.74) is 2.93. The predicted molar refractivity (Wildman–Crippen MR) is 87.2 cm³/mol. The minimum absolute atomic E-state index is 0.170. The third-order valence-electron chi connectivity index (χ3n) is 4.11. The van der Waals surface area contributed by atoms with Crippen molar-refractivity contribution >= 4 is 16.7 Å². The van der Waals surface area contributed by atoms with E-state index in [9.17, 15) is 9.59 Å². The molecule has 0 spiro atoms. The van der Waals surface area contributed by atoms with Gasteiger partial charge in [0.15, 0.2) is 0 Å². The van der Waals surface area contributed by atoms with Crippen molar-refractivity contribution in [3.05, 3.63) is 57.8 Å². The normalized spacial score (nSPS) is 11.1. The van der Waals surface area contributed by atoms with Crippen molar-refractivity contribution in [2.24, 2.45) is 0 Å². The summed E-state index contributed by atoms with van der Waals surface area (Å²) < 4.78 is 2.98. The van der Waals surface area contributed by atoms with E-state index in [0.717, 1.165) is 11.3 Å². The molecule has 0 amide bonds. The Balaban J connectivity index is 2.27. The summed E-state index contributed by atoms with van der Waals surface area (Å²) in [6.45, 7) is 5.37. The van der Waals surface area contributed by atoms with Crippen LogP contribution in [0.4, 0.5) is 0 Å². The van der Waals surface area contributed by atoms with E-state index in [1.165, 1.54) is 4.68 Å².